The van der Waals surface area contributed by atoms with Crippen LogP contribution < -0.4 is 0 Å². The van der Waals surface area contributed by atoms with Crippen molar-refractivity contribution in [2.24, 2.45) is 40.4 Å². The monoisotopic (exact) mass is 686 g/mol. The van der Waals surface area contributed by atoms with Gasteiger partial charge in [0, 0.05) is 16.5 Å². The summed E-state index contributed by atoms with van der Waals surface area (Å²) < 4.78 is 0. The number of allylic oxidation sites excluding steroid dienone is 8. The Bertz CT molecular complexity index is 2120. The van der Waals surface area contributed by atoms with Crippen LogP contribution in [0.4, 0.5) is 0 Å². The minimum atomic E-state index is -0.594. The standard InChI is InChI=1S/C50H54O2/c1-29-25-48(40-19-12-9-13-20-40)27-31(3)39(28-49(48,26-30(29)2)46(51)37-16-10-8-11-17-37)22-36-15-14-18-38(21-36)47(52)50-43-23-41(32(4)34(43)6)45(50)42-24-44(50)35(7)33(42)5/h8-21,41-45H,22-28H2,1-7H3. The van der Waals surface area contributed by atoms with Gasteiger partial charge >= 0.3 is 0 Å². The minimum Gasteiger partial charge on any atom is -0.293 e. The van der Waals surface area contributed by atoms with Gasteiger partial charge in [0.25, 0.3) is 0 Å². The Kier molecular flexibility index (Phi) is 7.62. The molecule has 2 nitrogen and oxygen atoms in total. The Morgan fingerprint density at radius 3 is 1.77 bits per heavy atom. The Balaban J connectivity index is 1.12. The van der Waals surface area contributed by atoms with E-state index < -0.39 is 5.41 Å². The number of carbonyl (C=O) groups is 2. The average molecular weight is 687 g/mol. The Morgan fingerprint density at radius 1 is 0.577 bits per heavy atom. The fourth-order valence-corrected chi connectivity index (χ4v) is 13.5. The van der Waals surface area contributed by atoms with Crippen LogP contribution in [0.2, 0.25) is 0 Å². The second-order valence-electron chi connectivity index (χ2n) is 18.1. The smallest absolute Gasteiger partial charge is 0.170 e. The molecule has 2 fully saturated rings. The predicted molar refractivity (Wildman–Crippen MR) is 211 cm³/mol. The molecule has 52 heavy (non-hydrogen) atoms. The maximum absolute atomic E-state index is 15.3. The van der Waals surface area contributed by atoms with Gasteiger partial charge in [-0.05, 0) is 140 Å². The summed E-state index contributed by atoms with van der Waals surface area (Å²) in [5.74, 6) is 2.93. The molecule has 0 aliphatic heterocycles. The maximum Gasteiger partial charge on any atom is 0.170 e. The highest BCUT2D eigenvalue weighted by Gasteiger charge is 2.73. The van der Waals surface area contributed by atoms with E-state index in [4.69, 9.17) is 0 Å². The number of fused-ring (bicyclic) bond motifs is 10. The third-order valence-corrected chi connectivity index (χ3v) is 16.2. The summed E-state index contributed by atoms with van der Waals surface area (Å²) in [4.78, 5) is 30.5. The topological polar surface area (TPSA) is 34.1 Å². The molecule has 0 saturated heterocycles. The zero-order valence-corrected chi connectivity index (χ0v) is 32.2. The first-order valence-corrected chi connectivity index (χ1v) is 19.9. The lowest BCUT2D eigenvalue weighted by Crippen LogP contribution is -2.55. The highest BCUT2D eigenvalue weighted by molar-refractivity contribution is 6.04. The van der Waals surface area contributed by atoms with Gasteiger partial charge in [-0.1, -0.05) is 123 Å². The molecular weight excluding hydrogens is 633 g/mol. The minimum absolute atomic E-state index is 0.271. The quantitative estimate of drug-likeness (QED) is 0.141. The zero-order chi connectivity index (χ0) is 36.3. The highest BCUT2D eigenvalue weighted by atomic mass is 16.1. The lowest BCUT2D eigenvalue weighted by Gasteiger charge is -2.57. The van der Waals surface area contributed by atoms with Crippen molar-refractivity contribution < 1.29 is 9.59 Å². The first-order valence-electron chi connectivity index (χ1n) is 19.9. The van der Waals surface area contributed by atoms with E-state index in [-0.39, 0.29) is 16.6 Å². The van der Waals surface area contributed by atoms with Gasteiger partial charge in [-0.2, -0.15) is 0 Å². The van der Waals surface area contributed by atoms with Crippen molar-refractivity contribution in [3.05, 3.63) is 152 Å². The molecule has 4 bridgehead atoms. The molecule has 9 rings (SSSR count). The third kappa shape index (κ3) is 4.30. The molecule has 6 aliphatic carbocycles. The Hall–Kier alpha value is -4.04. The van der Waals surface area contributed by atoms with Crippen LogP contribution in [-0.2, 0) is 11.8 Å². The predicted octanol–water partition coefficient (Wildman–Crippen LogP) is 12.0. The second kappa shape index (κ2) is 11.7. The molecule has 6 unspecified atom stereocenters. The van der Waals surface area contributed by atoms with E-state index in [1.807, 2.05) is 30.3 Å². The van der Waals surface area contributed by atoms with Crippen molar-refractivity contribution in [1.29, 1.82) is 0 Å². The summed E-state index contributed by atoms with van der Waals surface area (Å²) in [5.41, 5.74) is 14.6. The van der Waals surface area contributed by atoms with Crippen LogP contribution in [0.25, 0.3) is 0 Å². The molecule has 2 heteroatoms. The van der Waals surface area contributed by atoms with Gasteiger partial charge in [-0.15, -0.1) is 0 Å². The van der Waals surface area contributed by atoms with E-state index in [0.717, 1.165) is 56.1 Å². The molecule has 0 amide bonds. The van der Waals surface area contributed by atoms with Crippen molar-refractivity contribution in [2.45, 2.75) is 98.8 Å². The molecule has 266 valence electrons. The molecule has 6 atom stereocenters. The molecule has 2 saturated carbocycles. The van der Waals surface area contributed by atoms with Crippen molar-refractivity contribution in [3.8, 4) is 0 Å². The van der Waals surface area contributed by atoms with E-state index in [9.17, 15) is 0 Å². The summed E-state index contributed by atoms with van der Waals surface area (Å²) >= 11 is 0. The zero-order valence-electron chi connectivity index (χ0n) is 32.2. The third-order valence-electron chi connectivity index (χ3n) is 16.2. The van der Waals surface area contributed by atoms with Gasteiger partial charge < -0.3 is 0 Å². The van der Waals surface area contributed by atoms with E-state index in [0.29, 0.717) is 35.4 Å². The molecule has 3 aromatic rings. The van der Waals surface area contributed by atoms with E-state index in [1.165, 1.54) is 44.6 Å². The second-order valence-corrected chi connectivity index (χ2v) is 18.1. The number of benzene rings is 3. The highest BCUT2D eigenvalue weighted by Crippen LogP contribution is 2.76. The SMILES string of the molecule is CC1=C(C)CC2(c3ccccc3)CC(C)=C(Cc3cccc(C(=O)C45C6CC(C(C)=C6C)C4C4CC5C(C)=C4C)c3)CC2(C(=O)c2ccccc2)C1. The lowest BCUT2D eigenvalue weighted by molar-refractivity contribution is 0.0487. The van der Waals surface area contributed by atoms with Crippen molar-refractivity contribution in [3.63, 3.8) is 0 Å². The van der Waals surface area contributed by atoms with Crippen LogP contribution in [0.5, 0.6) is 0 Å². The number of Topliss-reactive ketones (excluding diaryl/α,β-unsaturated/α-hetero) is 2. The van der Waals surface area contributed by atoms with Crippen molar-refractivity contribution >= 4 is 11.6 Å². The number of carbonyl (C=O) groups excluding carboxylic acids is 2. The van der Waals surface area contributed by atoms with Crippen molar-refractivity contribution in [2.75, 3.05) is 0 Å². The fraction of sp³-hybridized carbons (Fsp3) is 0.440. The number of rotatable bonds is 7. The first-order chi connectivity index (χ1) is 24.9. The van der Waals surface area contributed by atoms with Crippen molar-refractivity contribution in [1.82, 2.24) is 0 Å². The molecule has 0 heterocycles. The number of hydrogen-bond donors (Lipinski definition) is 0. The van der Waals surface area contributed by atoms with Crippen LogP contribution in [-0.4, -0.2) is 11.6 Å². The molecular formula is C50H54O2. The summed E-state index contributed by atoms with van der Waals surface area (Å²) in [7, 11) is 0. The maximum atomic E-state index is 15.3. The molecule has 0 aromatic heterocycles. The summed E-state index contributed by atoms with van der Waals surface area (Å²) in [6.07, 6.45) is 6.34. The van der Waals surface area contributed by atoms with Gasteiger partial charge in [0.15, 0.2) is 11.6 Å². The van der Waals surface area contributed by atoms with Crippen LogP contribution >= 0.6 is 0 Å². The average Bonchev–Trinajstić information content (AvgIpc) is 3.87. The summed E-state index contributed by atoms with van der Waals surface area (Å²) in [5, 5.41) is 0. The largest absolute Gasteiger partial charge is 0.293 e. The van der Waals surface area contributed by atoms with Gasteiger partial charge in [-0.25, -0.2) is 0 Å². The van der Waals surface area contributed by atoms with E-state index in [2.05, 4.69) is 103 Å². The van der Waals surface area contributed by atoms with E-state index >= 15 is 9.59 Å². The fourth-order valence-electron chi connectivity index (χ4n) is 13.5. The lowest BCUT2D eigenvalue weighted by atomic mass is 9.44. The Morgan fingerprint density at radius 2 is 1.13 bits per heavy atom. The van der Waals surface area contributed by atoms with Gasteiger partial charge in [0.05, 0.1) is 10.8 Å². The van der Waals surface area contributed by atoms with E-state index in [1.54, 1.807) is 11.1 Å². The molecule has 6 aliphatic rings. The van der Waals surface area contributed by atoms with Gasteiger partial charge in [0.1, 0.15) is 0 Å². The summed E-state index contributed by atoms with van der Waals surface area (Å²) in [6, 6.07) is 29.7. The number of ketones is 2. The Labute approximate surface area is 311 Å². The van der Waals surface area contributed by atoms with Gasteiger partial charge in [0.2, 0.25) is 0 Å². The molecule has 0 radical (unpaired) electrons. The molecule has 0 spiro atoms. The van der Waals surface area contributed by atoms with Crippen LogP contribution in [0.3, 0.4) is 0 Å². The number of hydrogen-bond acceptors (Lipinski definition) is 2. The summed E-state index contributed by atoms with van der Waals surface area (Å²) in [6.45, 7) is 16.2. The molecule has 3 aromatic carbocycles. The van der Waals surface area contributed by atoms with Crippen LogP contribution in [0.1, 0.15) is 119 Å². The first kappa shape index (κ1) is 33.8. The van der Waals surface area contributed by atoms with Gasteiger partial charge in [-0.3, -0.25) is 9.59 Å². The van der Waals surface area contributed by atoms with Crippen LogP contribution in [0, 0.1) is 40.4 Å². The van der Waals surface area contributed by atoms with Crippen LogP contribution in [0.15, 0.2) is 130 Å². The normalized spacial score (nSPS) is 34.7. The molecule has 0 N–H and O–H groups in total.